The maximum Gasteiger partial charge on any atom is 0.251 e. The second-order valence-electron chi connectivity index (χ2n) is 4.97. The van der Waals surface area contributed by atoms with Crippen LogP contribution in [0.1, 0.15) is 18.7 Å². The number of hydrogen-bond donors (Lipinski definition) is 1. The number of nitrogens with zero attached hydrogens (tertiary/aromatic N) is 2. The topological polar surface area (TPSA) is 69.4 Å². The van der Waals surface area contributed by atoms with Crippen LogP contribution >= 0.6 is 0 Å². The lowest BCUT2D eigenvalue weighted by atomic mass is 10.2. The zero-order chi connectivity index (χ0) is 14.5. The Morgan fingerprint density at radius 1 is 1.33 bits per heavy atom. The van der Waals surface area contributed by atoms with Crippen LogP contribution in [0.25, 0.3) is 11.5 Å². The first-order valence-corrected chi connectivity index (χ1v) is 7.15. The molecule has 3 rings (SSSR count). The van der Waals surface area contributed by atoms with Crippen molar-refractivity contribution in [2.45, 2.75) is 25.5 Å². The Balaban J connectivity index is 1.60. The molecule has 1 N–H and O–H groups in total. The zero-order valence-electron chi connectivity index (χ0n) is 12.0. The highest BCUT2D eigenvalue weighted by Crippen LogP contribution is 2.28. The molecule has 1 aliphatic rings. The summed E-state index contributed by atoms with van der Waals surface area (Å²) < 4.78 is 16.5. The van der Waals surface area contributed by atoms with E-state index in [1.165, 1.54) is 0 Å². The lowest BCUT2D eigenvalue weighted by Crippen LogP contribution is -2.25. The molecule has 6 heteroatoms. The molecule has 0 radical (unpaired) electrons. The van der Waals surface area contributed by atoms with Gasteiger partial charge in [0.2, 0.25) is 5.89 Å². The molecule has 1 atom stereocenters. The Bertz CT molecular complexity index is 579. The van der Waals surface area contributed by atoms with E-state index in [2.05, 4.69) is 15.5 Å². The third-order valence-electron chi connectivity index (χ3n) is 3.48. The smallest absolute Gasteiger partial charge is 0.251 e. The van der Waals surface area contributed by atoms with Crippen molar-refractivity contribution in [3.8, 4) is 17.2 Å². The highest BCUT2D eigenvalue weighted by atomic mass is 16.5. The molecule has 21 heavy (non-hydrogen) atoms. The van der Waals surface area contributed by atoms with Crippen molar-refractivity contribution in [3.05, 3.63) is 30.2 Å². The van der Waals surface area contributed by atoms with Gasteiger partial charge < -0.3 is 19.2 Å². The van der Waals surface area contributed by atoms with Crippen LogP contribution in [0.2, 0.25) is 0 Å². The van der Waals surface area contributed by atoms with Gasteiger partial charge in [-0.2, -0.15) is 0 Å². The van der Waals surface area contributed by atoms with Gasteiger partial charge in [0, 0.05) is 13.2 Å². The van der Waals surface area contributed by atoms with Crippen LogP contribution < -0.4 is 10.1 Å². The zero-order valence-corrected chi connectivity index (χ0v) is 12.0. The van der Waals surface area contributed by atoms with Crippen LogP contribution in [0.3, 0.4) is 0 Å². The van der Waals surface area contributed by atoms with Crippen molar-refractivity contribution in [1.29, 1.82) is 0 Å². The third-order valence-corrected chi connectivity index (χ3v) is 3.48. The summed E-state index contributed by atoms with van der Waals surface area (Å²) in [5, 5.41) is 11.4. The van der Waals surface area contributed by atoms with Gasteiger partial charge in [0.15, 0.2) is 0 Å². The lowest BCUT2D eigenvalue weighted by Gasteiger charge is -2.08. The van der Waals surface area contributed by atoms with Crippen molar-refractivity contribution >= 4 is 0 Å². The summed E-state index contributed by atoms with van der Waals surface area (Å²) in [5.41, 5.74) is 0.804. The molecule has 0 saturated carbocycles. The number of hydrogen-bond acceptors (Lipinski definition) is 6. The van der Waals surface area contributed by atoms with Gasteiger partial charge >= 0.3 is 0 Å². The van der Waals surface area contributed by atoms with Gasteiger partial charge in [-0.3, -0.25) is 0 Å². The molecule has 0 spiro atoms. The first-order valence-electron chi connectivity index (χ1n) is 7.15. The number of nitrogens with one attached hydrogen (secondary N) is 1. The van der Waals surface area contributed by atoms with Gasteiger partial charge in [0.05, 0.1) is 25.3 Å². The van der Waals surface area contributed by atoms with Crippen molar-refractivity contribution in [2.24, 2.45) is 0 Å². The number of rotatable bonds is 6. The van der Waals surface area contributed by atoms with E-state index in [1.54, 1.807) is 7.11 Å². The normalized spacial score (nSPS) is 18.0. The Labute approximate surface area is 123 Å². The van der Waals surface area contributed by atoms with E-state index in [4.69, 9.17) is 13.9 Å². The van der Waals surface area contributed by atoms with Gasteiger partial charge in [-0.05, 0) is 25.0 Å². The Kier molecular flexibility index (Phi) is 4.47. The summed E-state index contributed by atoms with van der Waals surface area (Å²) in [5.74, 6) is 1.76. The molecule has 6 nitrogen and oxygen atoms in total. The fraction of sp³-hybridized carbons (Fsp3) is 0.467. The minimum atomic E-state index is 0.307. The Morgan fingerprint density at radius 2 is 2.24 bits per heavy atom. The molecule has 1 aliphatic heterocycles. The van der Waals surface area contributed by atoms with Gasteiger partial charge in [-0.15, -0.1) is 10.2 Å². The summed E-state index contributed by atoms with van der Waals surface area (Å²) in [4.78, 5) is 0. The molecule has 1 saturated heterocycles. The molecule has 112 valence electrons. The van der Waals surface area contributed by atoms with Crippen molar-refractivity contribution in [3.63, 3.8) is 0 Å². The summed E-state index contributed by atoms with van der Waals surface area (Å²) in [7, 11) is 1.62. The number of methoxy groups -OCH3 is 1. The third kappa shape index (κ3) is 3.40. The fourth-order valence-corrected chi connectivity index (χ4v) is 2.40. The fourth-order valence-electron chi connectivity index (χ4n) is 2.40. The summed E-state index contributed by atoms with van der Waals surface area (Å²) >= 11 is 0. The minimum Gasteiger partial charge on any atom is -0.496 e. The van der Waals surface area contributed by atoms with E-state index in [0.717, 1.165) is 37.3 Å². The maximum atomic E-state index is 5.67. The number of aromatic nitrogens is 2. The van der Waals surface area contributed by atoms with Crippen LogP contribution in [0.5, 0.6) is 5.75 Å². The highest BCUT2D eigenvalue weighted by molar-refractivity contribution is 5.62. The summed E-state index contributed by atoms with van der Waals surface area (Å²) in [6.07, 6.45) is 2.57. The largest absolute Gasteiger partial charge is 0.496 e. The van der Waals surface area contributed by atoms with E-state index in [0.29, 0.717) is 24.4 Å². The van der Waals surface area contributed by atoms with E-state index in [9.17, 15) is 0 Å². The molecule has 0 bridgehead atoms. The molecule has 1 fully saturated rings. The van der Waals surface area contributed by atoms with Crippen LogP contribution in [0.4, 0.5) is 0 Å². The predicted molar refractivity (Wildman–Crippen MR) is 77.0 cm³/mol. The standard InChI is InChI=1S/C15H19N3O3/c1-19-13-7-3-2-6-12(13)15-18-17-14(21-15)10-16-9-11-5-4-8-20-11/h2-3,6-7,11,16H,4-5,8-10H2,1H3. The molecule has 1 unspecified atom stereocenters. The van der Waals surface area contributed by atoms with E-state index in [1.807, 2.05) is 24.3 Å². The summed E-state index contributed by atoms with van der Waals surface area (Å²) in [6, 6.07) is 7.59. The van der Waals surface area contributed by atoms with Crippen LogP contribution in [-0.2, 0) is 11.3 Å². The quantitative estimate of drug-likeness (QED) is 0.877. The number of para-hydroxylation sites is 1. The van der Waals surface area contributed by atoms with Crippen LogP contribution in [-0.4, -0.2) is 36.6 Å². The first kappa shape index (κ1) is 14.0. The van der Waals surface area contributed by atoms with E-state index >= 15 is 0 Å². The second-order valence-corrected chi connectivity index (χ2v) is 4.97. The average Bonchev–Trinajstić information content (AvgIpc) is 3.19. The monoisotopic (exact) mass is 289 g/mol. The van der Waals surface area contributed by atoms with Crippen molar-refractivity contribution < 1.29 is 13.9 Å². The molecule has 0 amide bonds. The minimum absolute atomic E-state index is 0.307. The Morgan fingerprint density at radius 3 is 3.05 bits per heavy atom. The molecule has 0 aliphatic carbocycles. The Hall–Kier alpha value is -1.92. The summed E-state index contributed by atoms with van der Waals surface area (Å²) in [6.45, 7) is 2.22. The van der Waals surface area contributed by atoms with Crippen molar-refractivity contribution in [2.75, 3.05) is 20.3 Å². The molecule has 2 aromatic rings. The van der Waals surface area contributed by atoms with Crippen LogP contribution in [0, 0.1) is 0 Å². The van der Waals surface area contributed by atoms with Gasteiger partial charge in [-0.25, -0.2) is 0 Å². The molecule has 1 aromatic carbocycles. The van der Waals surface area contributed by atoms with Gasteiger partial charge in [-0.1, -0.05) is 12.1 Å². The average molecular weight is 289 g/mol. The van der Waals surface area contributed by atoms with E-state index in [-0.39, 0.29) is 0 Å². The SMILES string of the molecule is COc1ccccc1-c1nnc(CNCC2CCCO2)o1. The lowest BCUT2D eigenvalue weighted by molar-refractivity contribution is 0.109. The molecular formula is C15H19N3O3. The van der Waals surface area contributed by atoms with E-state index < -0.39 is 0 Å². The second kappa shape index (κ2) is 6.69. The number of ether oxygens (including phenoxy) is 2. The maximum absolute atomic E-state index is 5.67. The van der Waals surface area contributed by atoms with Gasteiger partial charge in [0.1, 0.15) is 5.75 Å². The number of benzene rings is 1. The van der Waals surface area contributed by atoms with Gasteiger partial charge in [0.25, 0.3) is 5.89 Å². The highest BCUT2D eigenvalue weighted by Gasteiger charge is 2.16. The molecule has 1 aromatic heterocycles. The predicted octanol–water partition coefficient (Wildman–Crippen LogP) is 2.01. The molecule has 2 heterocycles. The first-order chi connectivity index (χ1) is 10.4. The van der Waals surface area contributed by atoms with Crippen LogP contribution in [0.15, 0.2) is 28.7 Å². The van der Waals surface area contributed by atoms with Crippen molar-refractivity contribution in [1.82, 2.24) is 15.5 Å². The molecular weight excluding hydrogens is 270 g/mol.